The maximum Gasteiger partial charge on any atom is 0.270 e. The van der Waals surface area contributed by atoms with Crippen molar-refractivity contribution in [1.29, 1.82) is 0 Å². The number of carbonyl (C=O) groups is 1. The van der Waals surface area contributed by atoms with Gasteiger partial charge in [0.05, 0.1) is 0 Å². The molecule has 0 radical (unpaired) electrons. The highest BCUT2D eigenvalue weighted by Gasteiger charge is 2.09. The zero-order valence-corrected chi connectivity index (χ0v) is 15.0. The standard InChI is InChI=1S/C19H25N5O/c1-5-11-20-18(25)17-10-12-21-19(23-17)22-16-9-8-15(13-14(16)4)24(6-2)7-3/h5,8-10,12-13H,1,6-7,11H2,2-4H3,(H,20,25)(H,21,22,23). The van der Waals surface area contributed by atoms with Crippen LogP contribution in [0, 0.1) is 6.92 Å². The Labute approximate surface area is 149 Å². The number of amides is 1. The molecule has 0 aliphatic heterocycles. The number of nitrogens with one attached hydrogen (secondary N) is 2. The Balaban J connectivity index is 2.17. The minimum absolute atomic E-state index is 0.251. The number of aryl methyl sites for hydroxylation is 1. The fourth-order valence-electron chi connectivity index (χ4n) is 2.49. The number of hydrogen-bond donors (Lipinski definition) is 2. The molecule has 1 amide bonds. The van der Waals surface area contributed by atoms with Crippen LogP contribution in [0.15, 0.2) is 43.1 Å². The van der Waals surface area contributed by atoms with Crippen molar-refractivity contribution in [2.75, 3.05) is 29.9 Å². The predicted molar refractivity (Wildman–Crippen MR) is 103 cm³/mol. The van der Waals surface area contributed by atoms with Crippen LogP contribution < -0.4 is 15.5 Å². The largest absolute Gasteiger partial charge is 0.372 e. The molecule has 0 saturated carbocycles. The molecule has 2 N–H and O–H groups in total. The number of benzene rings is 1. The average molecular weight is 339 g/mol. The van der Waals surface area contributed by atoms with Gasteiger partial charge in [0.15, 0.2) is 0 Å². The smallest absolute Gasteiger partial charge is 0.270 e. The first-order valence-corrected chi connectivity index (χ1v) is 8.43. The first-order valence-electron chi connectivity index (χ1n) is 8.43. The molecule has 0 spiro atoms. The third-order valence-electron chi connectivity index (χ3n) is 3.88. The molecule has 1 heterocycles. The topological polar surface area (TPSA) is 70.2 Å². The first-order chi connectivity index (χ1) is 12.1. The lowest BCUT2D eigenvalue weighted by atomic mass is 10.1. The van der Waals surface area contributed by atoms with Gasteiger partial charge >= 0.3 is 0 Å². The van der Waals surface area contributed by atoms with Crippen LogP contribution in [0.3, 0.4) is 0 Å². The minimum atomic E-state index is -0.251. The number of rotatable bonds is 8. The highest BCUT2D eigenvalue weighted by atomic mass is 16.1. The van der Waals surface area contributed by atoms with Gasteiger partial charge in [-0.15, -0.1) is 6.58 Å². The van der Waals surface area contributed by atoms with E-state index in [2.05, 4.69) is 58.1 Å². The minimum Gasteiger partial charge on any atom is -0.372 e. The van der Waals surface area contributed by atoms with Crippen molar-refractivity contribution in [3.8, 4) is 0 Å². The Morgan fingerprint density at radius 3 is 2.68 bits per heavy atom. The lowest BCUT2D eigenvalue weighted by Crippen LogP contribution is -2.24. The summed E-state index contributed by atoms with van der Waals surface area (Å²) < 4.78 is 0. The van der Waals surface area contributed by atoms with E-state index in [4.69, 9.17) is 0 Å². The van der Waals surface area contributed by atoms with Gasteiger partial charge in [-0.3, -0.25) is 4.79 Å². The molecule has 0 saturated heterocycles. The second-order valence-corrected chi connectivity index (χ2v) is 5.56. The van der Waals surface area contributed by atoms with Gasteiger partial charge in [0, 0.05) is 37.2 Å². The summed E-state index contributed by atoms with van der Waals surface area (Å²) >= 11 is 0. The Bertz CT molecular complexity index is 740. The summed E-state index contributed by atoms with van der Waals surface area (Å²) in [5.41, 5.74) is 3.51. The summed E-state index contributed by atoms with van der Waals surface area (Å²) in [7, 11) is 0. The van der Waals surface area contributed by atoms with Crippen LogP contribution in [0.1, 0.15) is 29.9 Å². The van der Waals surface area contributed by atoms with Crippen molar-refractivity contribution in [1.82, 2.24) is 15.3 Å². The van der Waals surface area contributed by atoms with Crippen molar-refractivity contribution in [3.63, 3.8) is 0 Å². The van der Waals surface area contributed by atoms with Crippen LogP contribution in [0.2, 0.25) is 0 Å². The van der Waals surface area contributed by atoms with Crippen LogP contribution in [0.4, 0.5) is 17.3 Å². The van der Waals surface area contributed by atoms with Crippen LogP contribution in [0.25, 0.3) is 0 Å². The van der Waals surface area contributed by atoms with Crippen molar-refractivity contribution in [2.24, 2.45) is 0 Å². The molecule has 132 valence electrons. The molecule has 0 aliphatic carbocycles. The number of hydrogen-bond acceptors (Lipinski definition) is 5. The molecule has 0 bridgehead atoms. The Morgan fingerprint density at radius 1 is 1.28 bits per heavy atom. The highest BCUT2D eigenvalue weighted by Crippen LogP contribution is 2.24. The van der Waals surface area contributed by atoms with E-state index in [0.29, 0.717) is 18.2 Å². The number of carbonyl (C=O) groups excluding carboxylic acids is 1. The maximum absolute atomic E-state index is 12.0. The SMILES string of the molecule is C=CCNC(=O)c1ccnc(Nc2ccc(N(CC)CC)cc2C)n1. The monoisotopic (exact) mass is 339 g/mol. The molecule has 6 heteroatoms. The number of aromatic nitrogens is 2. The normalized spacial score (nSPS) is 10.2. The summed E-state index contributed by atoms with van der Waals surface area (Å²) in [5.74, 6) is 0.142. The number of nitrogens with zero attached hydrogens (tertiary/aromatic N) is 3. The van der Waals surface area contributed by atoms with Crippen molar-refractivity contribution >= 4 is 23.2 Å². The van der Waals surface area contributed by atoms with Crippen molar-refractivity contribution in [2.45, 2.75) is 20.8 Å². The van der Waals surface area contributed by atoms with E-state index < -0.39 is 0 Å². The van der Waals surface area contributed by atoms with Crippen LogP contribution in [0.5, 0.6) is 0 Å². The zero-order valence-electron chi connectivity index (χ0n) is 15.0. The van der Waals surface area contributed by atoms with E-state index in [1.807, 2.05) is 13.0 Å². The predicted octanol–water partition coefficient (Wildman–Crippen LogP) is 3.29. The van der Waals surface area contributed by atoms with Crippen LogP contribution in [-0.2, 0) is 0 Å². The maximum atomic E-state index is 12.0. The first kappa shape index (κ1) is 18.4. The van der Waals surface area contributed by atoms with Gasteiger partial charge in [-0.05, 0) is 50.6 Å². The molecule has 2 rings (SSSR count). The van der Waals surface area contributed by atoms with Gasteiger partial charge < -0.3 is 15.5 Å². The fraction of sp³-hybridized carbons (Fsp3) is 0.316. The van der Waals surface area contributed by atoms with E-state index in [1.54, 1.807) is 18.3 Å². The van der Waals surface area contributed by atoms with Crippen LogP contribution in [-0.4, -0.2) is 35.5 Å². The Hall–Kier alpha value is -2.89. The van der Waals surface area contributed by atoms with Gasteiger partial charge in [0.1, 0.15) is 5.69 Å². The van der Waals surface area contributed by atoms with E-state index in [9.17, 15) is 4.79 Å². The molecule has 0 fully saturated rings. The molecular formula is C19H25N5O. The van der Waals surface area contributed by atoms with Crippen molar-refractivity contribution < 1.29 is 4.79 Å². The molecule has 6 nitrogen and oxygen atoms in total. The van der Waals surface area contributed by atoms with Gasteiger partial charge in [-0.1, -0.05) is 6.08 Å². The lowest BCUT2D eigenvalue weighted by molar-refractivity contribution is 0.0953. The highest BCUT2D eigenvalue weighted by molar-refractivity contribution is 5.92. The number of anilines is 3. The average Bonchev–Trinajstić information content (AvgIpc) is 2.63. The summed E-state index contributed by atoms with van der Waals surface area (Å²) in [6.45, 7) is 12.2. The quantitative estimate of drug-likeness (QED) is 0.722. The van der Waals surface area contributed by atoms with E-state index >= 15 is 0 Å². The van der Waals surface area contributed by atoms with Gasteiger partial charge in [-0.25, -0.2) is 9.97 Å². The summed E-state index contributed by atoms with van der Waals surface area (Å²) in [5, 5.41) is 5.89. The van der Waals surface area contributed by atoms with E-state index in [0.717, 1.165) is 24.3 Å². The summed E-state index contributed by atoms with van der Waals surface area (Å²) in [6, 6.07) is 7.80. The molecule has 25 heavy (non-hydrogen) atoms. The molecular weight excluding hydrogens is 314 g/mol. The summed E-state index contributed by atoms with van der Waals surface area (Å²) in [4.78, 5) is 22.7. The molecule has 0 unspecified atom stereocenters. The second kappa shape index (κ2) is 8.82. The summed E-state index contributed by atoms with van der Waals surface area (Å²) in [6.07, 6.45) is 3.19. The van der Waals surface area contributed by atoms with Crippen molar-refractivity contribution in [3.05, 3.63) is 54.4 Å². The molecule has 0 atom stereocenters. The fourth-order valence-corrected chi connectivity index (χ4v) is 2.49. The van der Waals surface area contributed by atoms with E-state index in [-0.39, 0.29) is 5.91 Å². The zero-order chi connectivity index (χ0) is 18.2. The van der Waals surface area contributed by atoms with Gasteiger partial charge in [0.25, 0.3) is 5.91 Å². The molecule has 1 aromatic carbocycles. The third kappa shape index (κ3) is 4.79. The Kier molecular flexibility index (Phi) is 6.51. The molecule has 1 aromatic heterocycles. The van der Waals surface area contributed by atoms with Gasteiger partial charge in [0.2, 0.25) is 5.95 Å². The second-order valence-electron chi connectivity index (χ2n) is 5.56. The third-order valence-corrected chi connectivity index (χ3v) is 3.88. The molecule has 2 aromatic rings. The van der Waals surface area contributed by atoms with E-state index in [1.165, 1.54) is 5.69 Å². The molecule has 0 aliphatic rings. The Morgan fingerprint density at radius 2 is 2.04 bits per heavy atom. The lowest BCUT2D eigenvalue weighted by Gasteiger charge is -2.22. The van der Waals surface area contributed by atoms with Crippen LogP contribution >= 0.6 is 0 Å². The van der Waals surface area contributed by atoms with Gasteiger partial charge in [-0.2, -0.15) is 0 Å².